The van der Waals surface area contributed by atoms with Crippen LogP contribution >= 0.6 is 23.4 Å². The number of rotatable bonds is 8. The van der Waals surface area contributed by atoms with Crippen molar-refractivity contribution in [3.8, 4) is 5.75 Å². The quantitative estimate of drug-likeness (QED) is 0.219. The number of fused-ring (bicyclic) bond motifs is 1. The van der Waals surface area contributed by atoms with Crippen LogP contribution in [0.25, 0.3) is 10.9 Å². The Morgan fingerprint density at radius 3 is 2.69 bits per heavy atom. The second-order valence-corrected chi connectivity index (χ2v) is 8.09. The molecule has 0 N–H and O–H groups in total. The highest BCUT2D eigenvalue weighted by Gasteiger charge is 2.20. The zero-order valence-electron chi connectivity index (χ0n) is 16.2. The normalized spacial score (nSPS) is 12.0. The highest BCUT2D eigenvalue weighted by molar-refractivity contribution is 8.00. The van der Waals surface area contributed by atoms with Crippen molar-refractivity contribution in [2.24, 2.45) is 0 Å². The number of nitrogens with zero attached hydrogens (tertiary/aromatic N) is 2. The molecule has 7 heteroatoms. The predicted octanol–water partition coefficient (Wildman–Crippen LogP) is 5.00. The molecule has 0 aliphatic heterocycles. The molecule has 150 valence electrons. The second kappa shape index (κ2) is 9.29. The summed E-state index contributed by atoms with van der Waals surface area (Å²) in [5.74, 6) is 0.674. The van der Waals surface area contributed by atoms with E-state index in [2.05, 4.69) is 11.6 Å². The summed E-state index contributed by atoms with van der Waals surface area (Å²) in [6.07, 6.45) is 1.63. The topological polar surface area (TPSA) is 61.2 Å². The van der Waals surface area contributed by atoms with Crippen LogP contribution in [0.1, 0.15) is 24.2 Å². The van der Waals surface area contributed by atoms with Gasteiger partial charge in [0.15, 0.2) is 10.9 Å². The number of benzene rings is 2. The molecular weight excluding hydrogens is 408 g/mol. The van der Waals surface area contributed by atoms with Gasteiger partial charge >= 0.3 is 0 Å². The van der Waals surface area contributed by atoms with E-state index in [4.69, 9.17) is 16.3 Å². The maximum absolute atomic E-state index is 12.9. The van der Waals surface area contributed by atoms with Crippen LogP contribution in [-0.2, 0) is 6.54 Å². The Labute approximate surface area is 178 Å². The fraction of sp³-hybridized carbons (Fsp3) is 0.227. The van der Waals surface area contributed by atoms with Gasteiger partial charge in [0.2, 0.25) is 0 Å². The Bertz CT molecular complexity index is 1110. The molecule has 5 nitrogen and oxygen atoms in total. The summed E-state index contributed by atoms with van der Waals surface area (Å²) in [5, 5.41) is 0.951. The van der Waals surface area contributed by atoms with Crippen molar-refractivity contribution in [2.75, 3.05) is 6.61 Å². The highest BCUT2D eigenvalue weighted by Crippen LogP contribution is 2.26. The molecule has 0 fully saturated rings. The minimum absolute atomic E-state index is 0.0475. The molecule has 0 aliphatic carbocycles. The van der Waals surface area contributed by atoms with E-state index < -0.39 is 5.25 Å². The van der Waals surface area contributed by atoms with Gasteiger partial charge in [-0.15, -0.1) is 6.58 Å². The van der Waals surface area contributed by atoms with E-state index in [0.29, 0.717) is 39.8 Å². The number of hydrogen-bond donors (Lipinski definition) is 0. The lowest BCUT2D eigenvalue weighted by Gasteiger charge is -2.15. The van der Waals surface area contributed by atoms with Crippen LogP contribution in [0.5, 0.6) is 5.75 Å². The number of carbonyl (C=O) groups excluding carboxylic acids is 1. The van der Waals surface area contributed by atoms with Gasteiger partial charge in [0.1, 0.15) is 5.75 Å². The van der Waals surface area contributed by atoms with E-state index >= 15 is 0 Å². The van der Waals surface area contributed by atoms with Crippen molar-refractivity contribution in [1.29, 1.82) is 0 Å². The molecule has 0 amide bonds. The Morgan fingerprint density at radius 1 is 1.31 bits per heavy atom. The van der Waals surface area contributed by atoms with E-state index in [1.54, 1.807) is 55.5 Å². The Morgan fingerprint density at radius 2 is 2.03 bits per heavy atom. The van der Waals surface area contributed by atoms with Crippen LogP contribution < -0.4 is 10.3 Å². The van der Waals surface area contributed by atoms with E-state index in [1.807, 2.05) is 6.92 Å². The third kappa shape index (κ3) is 4.71. The van der Waals surface area contributed by atoms with Crippen molar-refractivity contribution in [1.82, 2.24) is 9.55 Å². The average Bonchev–Trinajstić information content (AvgIpc) is 2.71. The van der Waals surface area contributed by atoms with Crippen molar-refractivity contribution >= 4 is 40.0 Å². The molecule has 0 spiro atoms. The number of aromatic nitrogens is 2. The van der Waals surface area contributed by atoms with Gasteiger partial charge in [0.05, 0.1) is 22.8 Å². The minimum Gasteiger partial charge on any atom is -0.494 e. The molecule has 0 saturated carbocycles. The zero-order valence-corrected chi connectivity index (χ0v) is 17.8. The molecule has 29 heavy (non-hydrogen) atoms. The summed E-state index contributed by atoms with van der Waals surface area (Å²) in [6.45, 7) is 8.29. The van der Waals surface area contributed by atoms with Crippen LogP contribution in [0.4, 0.5) is 0 Å². The lowest BCUT2D eigenvalue weighted by molar-refractivity contribution is 0.0994. The monoisotopic (exact) mass is 428 g/mol. The Hall–Kier alpha value is -2.57. The van der Waals surface area contributed by atoms with E-state index in [0.717, 1.165) is 5.75 Å². The molecule has 2 aromatic carbocycles. The van der Waals surface area contributed by atoms with Crippen LogP contribution in [0.2, 0.25) is 5.02 Å². The number of Topliss-reactive ketones (excluding diaryl/α,β-unsaturated/α-hetero) is 1. The summed E-state index contributed by atoms with van der Waals surface area (Å²) >= 11 is 7.28. The average molecular weight is 429 g/mol. The number of halogens is 1. The molecule has 1 atom stereocenters. The lowest BCUT2D eigenvalue weighted by Crippen LogP contribution is -2.24. The number of ketones is 1. The predicted molar refractivity (Wildman–Crippen MR) is 118 cm³/mol. The van der Waals surface area contributed by atoms with Gasteiger partial charge in [-0.25, -0.2) is 4.98 Å². The lowest BCUT2D eigenvalue weighted by atomic mass is 10.1. The molecule has 1 aromatic heterocycles. The van der Waals surface area contributed by atoms with Crippen molar-refractivity contribution in [2.45, 2.75) is 30.8 Å². The fourth-order valence-corrected chi connectivity index (χ4v) is 4.05. The van der Waals surface area contributed by atoms with E-state index in [9.17, 15) is 9.59 Å². The zero-order chi connectivity index (χ0) is 21.0. The fourth-order valence-electron chi connectivity index (χ4n) is 2.88. The largest absolute Gasteiger partial charge is 0.494 e. The molecule has 0 bridgehead atoms. The van der Waals surface area contributed by atoms with Gasteiger partial charge < -0.3 is 4.74 Å². The molecule has 1 heterocycles. The van der Waals surface area contributed by atoms with Gasteiger partial charge in [-0.3, -0.25) is 14.2 Å². The molecular formula is C22H21ClN2O3S. The number of thioether (sulfide) groups is 1. The first-order chi connectivity index (χ1) is 13.9. The summed E-state index contributed by atoms with van der Waals surface area (Å²) in [5.41, 5.74) is 0.919. The van der Waals surface area contributed by atoms with Gasteiger partial charge in [0, 0.05) is 17.1 Å². The molecule has 0 radical (unpaired) electrons. The SMILES string of the molecule is C=CCn1c(SC(C)C(=O)c2ccc(OCC)cc2)nc2ccc(Cl)cc2c1=O. The van der Waals surface area contributed by atoms with Crippen molar-refractivity contribution in [3.05, 3.63) is 76.1 Å². The maximum atomic E-state index is 12.9. The minimum atomic E-state index is -0.430. The Balaban J connectivity index is 1.92. The summed E-state index contributed by atoms with van der Waals surface area (Å²) in [7, 11) is 0. The van der Waals surface area contributed by atoms with Crippen LogP contribution in [0.3, 0.4) is 0 Å². The third-order valence-electron chi connectivity index (χ3n) is 4.29. The first-order valence-corrected chi connectivity index (χ1v) is 10.4. The standard InChI is InChI=1S/C22H21ClN2O3S/c1-4-12-25-21(27)18-13-16(23)8-11-19(18)24-22(25)29-14(3)20(26)15-6-9-17(10-7-15)28-5-2/h4,6-11,13-14H,1,5,12H2,2-3H3. The van der Waals surface area contributed by atoms with Crippen molar-refractivity contribution < 1.29 is 9.53 Å². The first-order valence-electron chi connectivity index (χ1n) is 9.19. The van der Waals surface area contributed by atoms with Crippen LogP contribution in [0, 0.1) is 0 Å². The summed E-state index contributed by atoms with van der Waals surface area (Å²) in [6, 6.07) is 12.1. The highest BCUT2D eigenvalue weighted by atomic mass is 35.5. The molecule has 1 unspecified atom stereocenters. The second-order valence-electron chi connectivity index (χ2n) is 6.34. The molecule has 0 aliphatic rings. The van der Waals surface area contributed by atoms with Crippen LogP contribution in [-0.4, -0.2) is 27.2 Å². The van der Waals surface area contributed by atoms with Crippen molar-refractivity contribution in [3.63, 3.8) is 0 Å². The Kier molecular flexibility index (Phi) is 6.77. The number of hydrogen-bond acceptors (Lipinski definition) is 5. The van der Waals surface area contributed by atoms with Gasteiger partial charge in [0.25, 0.3) is 5.56 Å². The van der Waals surface area contributed by atoms with Gasteiger partial charge in [-0.05, 0) is 56.3 Å². The molecule has 3 aromatic rings. The molecule has 0 saturated heterocycles. The molecule has 3 rings (SSSR count). The van der Waals surface area contributed by atoms with E-state index in [-0.39, 0.29) is 11.3 Å². The van der Waals surface area contributed by atoms with Gasteiger partial charge in [-0.1, -0.05) is 29.4 Å². The van der Waals surface area contributed by atoms with Crippen LogP contribution in [0.15, 0.2) is 65.1 Å². The number of carbonyl (C=O) groups is 1. The third-order valence-corrected chi connectivity index (χ3v) is 5.62. The van der Waals surface area contributed by atoms with Gasteiger partial charge in [-0.2, -0.15) is 0 Å². The maximum Gasteiger partial charge on any atom is 0.262 e. The van der Waals surface area contributed by atoms with E-state index in [1.165, 1.54) is 16.3 Å². The smallest absolute Gasteiger partial charge is 0.262 e. The number of ether oxygens (including phenoxy) is 1. The number of allylic oxidation sites excluding steroid dienone is 1. The summed E-state index contributed by atoms with van der Waals surface area (Å²) in [4.78, 5) is 30.4. The summed E-state index contributed by atoms with van der Waals surface area (Å²) < 4.78 is 6.93. The first kappa shape index (κ1) is 21.1.